The van der Waals surface area contributed by atoms with Gasteiger partial charge in [0.2, 0.25) is 0 Å². The number of hydrazone groups is 1. The molecule has 1 aliphatic carbocycles. The fraction of sp³-hybridized carbons (Fsp3) is 0.152. The van der Waals surface area contributed by atoms with Gasteiger partial charge in [-0.2, -0.15) is 5.10 Å². The lowest BCUT2D eigenvalue weighted by molar-refractivity contribution is 0.0680. The molecule has 1 aliphatic heterocycles. The average molecular weight is 740 g/mol. The molecule has 1 heterocycles. The number of hydrogen-bond donors (Lipinski definition) is 1. The summed E-state index contributed by atoms with van der Waals surface area (Å²) in [5.41, 5.74) is 4.66. The number of rotatable bonds is 6. The van der Waals surface area contributed by atoms with Crippen molar-refractivity contribution in [1.29, 1.82) is 0 Å². The van der Waals surface area contributed by atoms with E-state index in [1.165, 1.54) is 12.1 Å². The van der Waals surface area contributed by atoms with Crippen molar-refractivity contribution < 1.29 is 13.2 Å². The maximum absolute atomic E-state index is 14.2. The fourth-order valence-corrected chi connectivity index (χ4v) is 7.34. The number of sulfonamides is 1. The van der Waals surface area contributed by atoms with Crippen LogP contribution in [0.25, 0.3) is 6.08 Å². The first-order chi connectivity index (χ1) is 20.7. The van der Waals surface area contributed by atoms with Crippen LogP contribution in [0.3, 0.4) is 0 Å². The summed E-state index contributed by atoms with van der Waals surface area (Å²) in [6.07, 6.45) is 4.88. The average Bonchev–Trinajstić information content (AvgIpc) is 3.40. The van der Waals surface area contributed by atoms with Crippen molar-refractivity contribution in [3.05, 3.63) is 133 Å². The van der Waals surface area contributed by atoms with Crippen molar-refractivity contribution in [2.24, 2.45) is 11.0 Å². The summed E-state index contributed by atoms with van der Waals surface area (Å²) in [6, 6.07) is 28.2. The van der Waals surface area contributed by atoms with E-state index in [2.05, 4.69) is 54.8 Å². The van der Waals surface area contributed by atoms with Crippen LogP contribution in [-0.4, -0.2) is 25.0 Å². The highest BCUT2D eigenvalue weighted by Gasteiger charge is 2.44. The molecule has 6 nitrogen and oxygen atoms in total. The Kier molecular flexibility index (Phi) is 8.60. The fourth-order valence-electron chi connectivity index (χ4n) is 5.58. The minimum absolute atomic E-state index is 0.0130. The minimum atomic E-state index is -3.96. The van der Waals surface area contributed by atoms with Gasteiger partial charge in [0.1, 0.15) is 0 Å². The number of fused-ring (bicyclic) bond motifs is 1. The van der Waals surface area contributed by atoms with Crippen LogP contribution in [0.2, 0.25) is 5.02 Å². The third-order valence-electron chi connectivity index (χ3n) is 7.62. The zero-order chi connectivity index (χ0) is 30.1. The van der Waals surface area contributed by atoms with Gasteiger partial charge in [0.25, 0.3) is 15.9 Å². The molecule has 218 valence electrons. The van der Waals surface area contributed by atoms with Gasteiger partial charge >= 0.3 is 0 Å². The van der Waals surface area contributed by atoms with Crippen LogP contribution in [0.4, 0.5) is 5.69 Å². The molecule has 4 aromatic carbocycles. The first-order valence-electron chi connectivity index (χ1n) is 13.7. The van der Waals surface area contributed by atoms with Gasteiger partial charge in [0.05, 0.1) is 16.6 Å². The van der Waals surface area contributed by atoms with Crippen LogP contribution in [0.5, 0.6) is 0 Å². The Labute approximate surface area is 272 Å². The number of benzene rings is 4. The topological polar surface area (TPSA) is 78.8 Å². The van der Waals surface area contributed by atoms with Gasteiger partial charge in [0.15, 0.2) is 0 Å². The molecule has 2 aliphatic rings. The van der Waals surface area contributed by atoms with Gasteiger partial charge in [-0.1, -0.05) is 73.8 Å². The van der Waals surface area contributed by atoms with Crippen molar-refractivity contribution in [3.63, 3.8) is 0 Å². The predicted octanol–water partition coefficient (Wildman–Crippen LogP) is 9.10. The first kappa shape index (κ1) is 29.8. The van der Waals surface area contributed by atoms with Crippen molar-refractivity contribution >= 4 is 76.9 Å². The van der Waals surface area contributed by atoms with Crippen molar-refractivity contribution in [2.75, 3.05) is 4.72 Å². The first-order valence-corrected chi connectivity index (χ1v) is 17.2. The maximum Gasteiger partial charge on any atom is 0.274 e. The Balaban J connectivity index is 1.37. The van der Waals surface area contributed by atoms with Gasteiger partial charge in [-0.3, -0.25) is 9.52 Å². The van der Waals surface area contributed by atoms with Crippen LogP contribution >= 0.6 is 43.5 Å². The Morgan fingerprint density at radius 3 is 2.30 bits per heavy atom. The second-order valence-corrected chi connectivity index (χ2v) is 14.4. The number of halogens is 3. The lowest BCUT2D eigenvalue weighted by Gasteiger charge is -2.29. The third-order valence-corrected chi connectivity index (χ3v) is 10.3. The monoisotopic (exact) mass is 737 g/mol. The maximum atomic E-state index is 14.2. The van der Waals surface area contributed by atoms with Gasteiger partial charge in [-0.25, -0.2) is 13.4 Å². The molecule has 0 spiro atoms. The van der Waals surface area contributed by atoms with E-state index < -0.39 is 10.0 Å². The number of carbonyl (C=O) groups is 1. The molecule has 1 N–H and O–H groups in total. The molecule has 6 rings (SSSR count). The van der Waals surface area contributed by atoms with Crippen LogP contribution in [0.15, 0.2) is 122 Å². The molecule has 10 heteroatoms. The number of amides is 1. The van der Waals surface area contributed by atoms with Gasteiger partial charge in [-0.15, -0.1) is 0 Å². The van der Waals surface area contributed by atoms with Crippen molar-refractivity contribution in [2.45, 2.75) is 30.2 Å². The van der Waals surface area contributed by atoms with E-state index in [-0.39, 0.29) is 28.3 Å². The number of allylic oxidation sites excluding steroid dienone is 1. The third kappa shape index (κ3) is 6.50. The van der Waals surface area contributed by atoms with Crippen LogP contribution in [0.1, 0.15) is 46.8 Å². The lowest BCUT2D eigenvalue weighted by Crippen LogP contribution is -2.32. The number of carbonyl (C=O) groups excluding carboxylic acids is 1. The van der Waals surface area contributed by atoms with Crippen molar-refractivity contribution in [1.82, 2.24) is 5.01 Å². The standard InChI is InChI=1S/C33H26Br2ClN3O3S/c34-25-11-7-21(8-12-25)19-23-3-2-6-30-31(23)37-39(32(30)22-9-13-26(35)14-10-22)33(40)24-4-1-5-29(20-24)43(41,42)38-28-17-15-27(36)16-18-28/h1,4-5,7-20,30,32,38H,2-3,6H2/b23-19+/t30-,32+/m0/s1. The Morgan fingerprint density at radius 2 is 1.60 bits per heavy atom. The molecule has 0 radical (unpaired) electrons. The summed E-state index contributed by atoms with van der Waals surface area (Å²) in [5, 5.41) is 7.01. The molecule has 0 aromatic heterocycles. The van der Waals surface area contributed by atoms with E-state index in [0.29, 0.717) is 10.7 Å². The molecular weight excluding hydrogens is 714 g/mol. The number of nitrogens with zero attached hydrogens (tertiary/aromatic N) is 2. The smallest absolute Gasteiger partial charge is 0.274 e. The summed E-state index contributed by atoms with van der Waals surface area (Å²) < 4.78 is 31.0. The summed E-state index contributed by atoms with van der Waals surface area (Å²) in [7, 11) is -3.96. The highest BCUT2D eigenvalue weighted by atomic mass is 79.9. The summed E-state index contributed by atoms with van der Waals surface area (Å²) in [6.45, 7) is 0. The van der Waals surface area contributed by atoms with E-state index in [4.69, 9.17) is 16.7 Å². The molecule has 1 saturated carbocycles. The van der Waals surface area contributed by atoms with Crippen LogP contribution in [0, 0.1) is 5.92 Å². The minimum Gasteiger partial charge on any atom is -0.280 e. The zero-order valence-electron chi connectivity index (χ0n) is 22.8. The molecule has 2 atom stereocenters. The number of nitrogens with one attached hydrogen (secondary N) is 1. The Bertz CT molecular complexity index is 1840. The predicted molar refractivity (Wildman–Crippen MR) is 179 cm³/mol. The lowest BCUT2D eigenvalue weighted by atomic mass is 9.77. The summed E-state index contributed by atoms with van der Waals surface area (Å²) in [5.74, 6) is -0.347. The molecule has 43 heavy (non-hydrogen) atoms. The highest BCUT2D eigenvalue weighted by Crippen LogP contribution is 2.45. The van der Waals surface area contributed by atoms with Crippen molar-refractivity contribution in [3.8, 4) is 0 Å². The van der Waals surface area contributed by atoms with Gasteiger partial charge < -0.3 is 0 Å². The molecular formula is C33H26Br2ClN3O3S. The quantitative estimate of drug-likeness (QED) is 0.214. The molecule has 1 fully saturated rings. The largest absolute Gasteiger partial charge is 0.280 e. The molecule has 1 amide bonds. The molecule has 0 saturated heterocycles. The summed E-state index contributed by atoms with van der Waals surface area (Å²) in [4.78, 5) is 14.2. The van der Waals surface area contributed by atoms with Gasteiger partial charge in [-0.05, 0) is 109 Å². The molecule has 4 aromatic rings. The normalized spacial score (nSPS) is 19.2. The Morgan fingerprint density at radius 1 is 0.930 bits per heavy atom. The van der Waals surface area contributed by atoms with Crippen LogP contribution < -0.4 is 4.72 Å². The SMILES string of the molecule is O=C(c1cccc(S(=O)(=O)Nc2ccc(Cl)cc2)c1)N1N=C2/C(=C/c3ccc(Br)cc3)CCC[C@@H]2[C@H]1c1ccc(Br)cc1. The Hall–Kier alpha value is -3.24. The van der Waals surface area contributed by atoms with E-state index in [0.717, 1.165) is 50.6 Å². The van der Waals surface area contributed by atoms with Gasteiger partial charge in [0, 0.05) is 31.1 Å². The molecule has 0 unspecified atom stereocenters. The second kappa shape index (κ2) is 12.4. The van der Waals surface area contributed by atoms with E-state index >= 15 is 0 Å². The van der Waals surface area contributed by atoms with E-state index in [1.807, 2.05) is 36.4 Å². The van der Waals surface area contributed by atoms with Crippen LogP contribution in [-0.2, 0) is 10.0 Å². The molecule has 0 bridgehead atoms. The second-order valence-electron chi connectivity index (χ2n) is 10.5. The zero-order valence-corrected chi connectivity index (χ0v) is 27.5. The van der Waals surface area contributed by atoms with E-state index in [9.17, 15) is 13.2 Å². The summed E-state index contributed by atoms with van der Waals surface area (Å²) >= 11 is 13.0. The number of anilines is 1. The number of hydrogen-bond acceptors (Lipinski definition) is 4. The van der Waals surface area contributed by atoms with E-state index in [1.54, 1.807) is 41.4 Å². The highest BCUT2D eigenvalue weighted by molar-refractivity contribution is 9.10.